The Hall–Kier alpha value is -3.36. The number of benzene rings is 2. The Kier molecular flexibility index (Phi) is 6.67. The summed E-state index contributed by atoms with van der Waals surface area (Å²) in [4.78, 5) is 30.3. The molecular weight excluding hydrogens is 458 g/mol. The maximum atomic E-state index is 12.9. The summed E-state index contributed by atoms with van der Waals surface area (Å²) < 4.78 is 3.30. The number of allylic oxidation sites excluding steroid dienone is 1. The second-order valence-electron chi connectivity index (χ2n) is 7.39. The summed E-state index contributed by atoms with van der Waals surface area (Å²) in [6.45, 7) is 7.76. The van der Waals surface area contributed by atoms with E-state index in [4.69, 9.17) is 11.6 Å². The molecule has 168 valence electrons. The van der Waals surface area contributed by atoms with Crippen molar-refractivity contribution in [3.8, 4) is 5.69 Å². The fourth-order valence-electron chi connectivity index (χ4n) is 3.52. The average Bonchev–Trinajstić information content (AvgIpc) is 3.09. The number of aryl methyl sites for hydroxylation is 1. The molecule has 4 aromatic rings. The fraction of sp³-hybridized carbons (Fsp3) is 0.167. The fourth-order valence-corrected chi connectivity index (χ4v) is 4.50. The summed E-state index contributed by atoms with van der Waals surface area (Å²) in [5, 5.41) is 8.85. The third kappa shape index (κ3) is 4.72. The number of thioether (sulfide) groups is 1. The van der Waals surface area contributed by atoms with Gasteiger partial charge in [0.2, 0.25) is 5.91 Å². The van der Waals surface area contributed by atoms with Crippen molar-refractivity contribution in [1.29, 1.82) is 0 Å². The van der Waals surface area contributed by atoms with E-state index in [1.165, 1.54) is 16.3 Å². The van der Waals surface area contributed by atoms with Crippen LogP contribution in [0.5, 0.6) is 0 Å². The lowest BCUT2D eigenvalue weighted by molar-refractivity contribution is -0.113. The first-order valence-corrected chi connectivity index (χ1v) is 11.6. The van der Waals surface area contributed by atoms with Crippen molar-refractivity contribution in [3.63, 3.8) is 0 Å². The number of halogens is 1. The average molecular weight is 480 g/mol. The first kappa shape index (κ1) is 22.8. The van der Waals surface area contributed by atoms with Gasteiger partial charge in [-0.05, 0) is 44.2 Å². The number of amides is 1. The molecule has 0 aliphatic carbocycles. The van der Waals surface area contributed by atoms with E-state index < -0.39 is 0 Å². The van der Waals surface area contributed by atoms with Crippen LogP contribution in [0.4, 0.5) is 5.69 Å². The Bertz CT molecular complexity index is 1410. The van der Waals surface area contributed by atoms with Gasteiger partial charge < -0.3 is 5.32 Å². The van der Waals surface area contributed by atoms with E-state index in [-0.39, 0.29) is 23.8 Å². The molecule has 4 rings (SSSR count). The van der Waals surface area contributed by atoms with E-state index in [2.05, 4.69) is 22.0 Å². The van der Waals surface area contributed by atoms with E-state index in [9.17, 15) is 9.59 Å². The van der Waals surface area contributed by atoms with Crippen molar-refractivity contribution in [1.82, 2.24) is 19.3 Å². The molecule has 2 aromatic carbocycles. The van der Waals surface area contributed by atoms with Crippen LogP contribution in [0.25, 0.3) is 16.6 Å². The summed E-state index contributed by atoms with van der Waals surface area (Å²) >= 11 is 7.24. The van der Waals surface area contributed by atoms with Crippen molar-refractivity contribution in [2.45, 2.75) is 25.5 Å². The Balaban J connectivity index is 1.56. The first-order valence-electron chi connectivity index (χ1n) is 10.2. The largest absolute Gasteiger partial charge is 0.322 e. The van der Waals surface area contributed by atoms with Crippen molar-refractivity contribution in [3.05, 3.63) is 88.0 Å². The van der Waals surface area contributed by atoms with Crippen LogP contribution in [0.3, 0.4) is 0 Å². The standard InChI is InChI=1S/C24H22ClN5O2S/c1-4-12-29-23(32)19-13-17(25)10-11-20(19)26-24(29)33-14-21(31)27-22-15(2)28-30(16(22)3)18-8-6-5-7-9-18/h4-11,13H,1,12,14H2,2-3H3,(H,27,31). The van der Waals surface area contributed by atoms with E-state index in [1.54, 1.807) is 29.0 Å². The maximum Gasteiger partial charge on any atom is 0.262 e. The van der Waals surface area contributed by atoms with Gasteiger partial charge in [-0.15, -0.1) is 6.58 Å². The zero-order valence-corrected chi connectivity index (χ0v) is 19.8. The Morgan fingerprint density at radius 2 is 1.97 bits per heavy atom. The number of hydrogen-bond donors (Lipinski definition) is 1. The number of fused-ring (bicyclic) bond motifs is 1. The minimum Gasteiger partial charge on any atom is -0.322 e. The summed E-state index contributed by atoms with van der Waals surface area (Å²) in [6, 6.07) is 14.7. The molecule has 9 heteroatoms. The van der Waals surface area contributed by atoms with Gasteiger partial charge >= 0.3 is 0 Å². The van der Waals surface area contributed by atoms with Crippen molar-refractivity contribution in [2.24, 2.45) is 0 Å². The summed E-state index contributed by atoms with van der Waals surface area (Å²) in [6.07, 6.45) is 1.62. The van der Waals surface area contributed by atoms with Crippen LogP contribution in [0.1, 0.15) is 11.4 Å². The summed E-state index contributed by atoms with van der Waals surface area (Å²) in [5.41, 5.74) is 3.46. The number of nitrogens with one attached hydrogen (secondary N) is 1. The van der Waals surface area contributed by atoms with Gasteiger partial charge in [0.1, 0.15) is 0 Å². The van der Waals surface area contributed by atoms with E-state index in [1.807, 2.05) is 44.2 Å². The topological polar surface area (TPSA) is 81.8 Å². The predicted octanol–water partition coefficient (Wildman–Crippen LogP) is 4.77. The number of carbonyl (C=O) groups excluding carboxylic acids is 1. The highest BCUT2D eigenvalue weighted by atomic mass is 35.5. The zero-order valence-electron chi connectivity index (χ0n) is 18.2. The van der Waals surface area contributed by atoms with Gasteiger partial charge in [0.25, 0.3) is 5.56 Å². The van der Waals surface area contributed by atoms with Crippen LogP contribution in [-0.4, -0.2) is 31.0 Å². The zero-order chi connectivity index (χ0) is 23.5. The molecular formula is C24H22ClN5O2S. The lowest BCUT2D eigenvalue weighted by Crippen LogP contribution is -2.24. The summed E-state index contributed by atoms with van der Waals surface area (Å²) in [7, 11) is 0. The number of hydrogen-bond acceptors (Lipinski definition) is 5. The van der Waals surface area contributed by atoms with Crippen molar-refractivity contribution < 1.29 is 4.79 Å². The van der Waals surface area contributed by atoms with Gasteiger partial charge in [0, 0.05) is 11.6 Å². The Morgan fingerprint density at radius 1 is 1.21 bits per heavy atom. The van der Waals surface area contributed by atoms with E-state index in [0.717, 1.165) is 17.1 Å². The molecule has 0 saturated heterocycles. The molecule has 0 aliphatic rings. The molecule has 0 saturated carbocycles. The highest BCUT2D eigenvalue weighted by Crippen LogP contribution is 2.24. The third-order valence-electron chi connectivity index (χ3n) is 5.08. The molecule has 0 bridgehead atoms. The number of carbonyl (C=O) groups is 1. The molecule has 0 radical (unpaired) electrons. The maximum absolute atomic E-state index is 12.9. The van der Waals surface area contributed by atoms with Crippen LogP contribution in [0, 0.1) is 13.8 Å². The minimum absolute atomic E-state index is 0.0814. The highest BCUT2D eigenvalue weighted by molar-refractivity contribution is 7.99. The monoisotopic (exact) mass is 479 g/mol. The van der Waals surface area contributed by atoms with Gasteiger partial charge in [-0.2, -0.15) is 5.10 Å². The lowest BCUT2D eigenvalue weighted by Gasteiger charge is -2.12. The molecule has 0 atom stereocenters. The van der Waals surface area contributed by atoms with Crippen LogP contribution >= 0.6 is 23.4 Å². The van der Waals surface area contributed by atoms with E-state index in [0.29, 0.717) is 26.8 Å². The second kappa shape index (κ2) is 9.64. The number of para-hydroxylation sites is 1. The predicted molar refractivity (Wildman–Crippen MR) is 134 cm³/mol. The number of rotatable bonds is 7. The quantitative estimate of drug-likeness (QED) is 0.234. The Labute approximate surface area is 200 Å². The van der Waals surface area contributed by atoms with Crippen LogP contribution in [0.2, 0.25) is 5.02 Å². The van der Waals surface area contributed by atoms with Crippen LogP contribution in [-0.2, 0) is 11.3 Å². The van der Waals surface area contributed by atoms with Crippen molar-refractivity contribution >= 4 is 45.9 Å². The molecule has 0 spiro atoms. The SMILES string of the molecule is C=CCn1c(SCC(=O)Nc2c(C)nn(-c3ccccc3)c2C)nc2ccc(Cl)cc2c1=O. The number of aromatic nitrogens is 4. The molecule has 0 fully saturated rings. The molecule has 0 unspecified atom stereocenters. The molecule has 1 amide bonds. The van der Waals surface area contributed by atoms with Crippen molar-refractivity contribution in [2.75, 3.05) is 11.1 Å². The minimum atomic E-state index is -0.221. The van der Waals surface area contributed by atoms with Crippen LogP contribution in [0.15, 0.2) is 71.1 Å². The first-order chi connectivity index (χ1) is 15.9. The number of nitrogens with zero attached hydrogens (tertiary/aromatic N) is 4. The second-order valence-corrected chi connectivity index (χ2v) is 8.77. The smallest absolute Gasteiger partial charge is 0.262 e. The normalized spacial score (nSPS) is 11.0. The molecule has 7 nitrogen and oxygen atoms in total. The molecule has 2 heterocycles. The van der Waals surface area contributed by atoms with Gasteiger partial charge in [-0.25, -0.2) is 9.67 Å². The number of anilines is 1. The molecule has 0 aliphatic heterocycles. The molecule has 2 aromatic heterocycles. The molecule has 1 N–H and O–H groups in total. The Morgan fingerprint density at radius 3 is 2.70 bits per heavy atom. The summed E-state index contributed by atoms with van der Waals surface area (Å²) in [5.74, 6) is -0.132. The van der Waals surface area contributed by atoms with E-state index >= 15 is 0 Å². The van der Waals surface area contributed by atoms with Gasteiger partial charge in [0.05, 0.1) is 39.4 Å². The third-order valence-corrected chi connectivity index (χ3v) is 6.29. The lowest BCUT2D eigenvalue weighted by atomic mass is 10.2. The molecule has 33 heavy (non-hydrogen) atoms. The van der Waals surface area contributed by atoms with Gasteiger partial charge in [-0.3, -0.25) is 14.2 Å². The highest BCUT2D eigenvalue weighted by Gasteiger charge is 2.17. The van der Waals surface area contributed by atoms with Gasteiger partial charge in [0.15, 0.2) is 5.16 Å². The van der Waals surface area contributed by atoms with Crippen LogP contribution < -0.4 is 10.9 Å². The van der Waals surface area contributed by atoms with Gasteiger partial charge in [-0.1, -0.05) is 47.6 Å².